The van der Waals surface area contributed by atoms with Crippen molar-refractivity contribution < 1.29 is 4.92 Å². The molecule has 0 amide bonds. The van der Waals surface area contributed by atoms with Gasteiger partial charge in [-0.1, -0.05) is 15.9 Å². The molecular weight excluding hydrogens is 300 g/mol. The van der Waals surface area contributed by atoms with Crippen LogP contribution in [0.4, 0.5) is 23.0 Å². The SMILES string of the molecule is Nc1cc([N+](=O)[O-])cc(Nc2ccc(Br)cc2)n1. The fourth-order valence-corrected chi connectivity index (χ4v) is 1.65. The van der Waals surface area contributed by atoms with Gasteiger partial charge < -0.3 is 11.1 Å². The lowest BCUT2D eigenvalue weighted by Crippen LogP contribution is -1.99. The number of hydrogen-bond acceptors (Lipinski definition) is 5. The van der Waals surface area contributed by atoms with E-state index < -0.39 is 4.92 Å². The molecule has 0 bridgehead atoms. The zero-order valence-electron chi connectivity index (χ0n) is 9.13. The van der Waals surface area contributed by atoms with Crippen molar-refractivity contribution in [1.82, 2.24) is 4.98 Å². The summed E-state index contributed by atoms with van der Waals surface area (Å²) in [5, 5.41) is 13.6. The molecule has 3 N–H and O–H groups in total. The molecule has 0 aliphatic rings. The van der Waals surface area contributed by atoms with Crippen LogP contribution in [-0.4, -0.2) is 9.91 Å². The summed E-state index contributed by atoms with van der Waals surface area (Å²) in [4.78, 5) is 14.2. The predicted molar refractivity (Wildman–Crippen MR) is 72.7 cm³/mol. The zero-order chi connectivity index (χ0) is 13.1. The highest BCUT2D eigenvalue weighted by atomic mass is 79.9. The van der Waals surface area contributed by atoms with Gasteiger partial charge in [-0.05, 0) is 24.3 Å². The van der Waals surface area contributed by atoms with Crippen molar-refractivity contribution in [3.63, 3.8) is 0 Å². The van der Waals surface area contributed by atoms with Gasteiger partial charge in [-0.15, -0.1) is 0 Å². The van der Waals surface area contributed by atoms with E-state index in [0.29, 0.717) is 5.82 Å². The Hall–Kier alpha value is -2.15. The first-order valence-corrected chi connectivity index (χ1v) is 5.78. The minimum atomic E-state index is -0.509. The van der Waals surface area contributed by atoms with Crippen molar-refractivity contribution in [2.45, 2.75) is 0 Å². The second kappa shape index (κ2) is 5.01. The Labute approximate surface area is 111 Å². The van der Waals surface area contributed by atoms with E-state index >= 15 is 0 Å². The number of nitrogen functional groups attached to an aromatic ring is 1. The lowest BCUT2D eigenvalue weighted by molar-refractivity contribution is -0.384. The number of anilines is 3. The fraction of sp³-hybridized carbons (Fsp3) is 0. The molecule has 6 nitrogen and oxygen atoms in total. The largest absolute Gasteiger partial charge is 0.383 e. The Morgan fingerprint density at radius 1 is 1.28 bits per heavy atom. The first-order chi connectivity index (χ1) is 8.54. The van der Waals surface area contributed by atoms with E-state index in [9.17, 15) is 10.1 Å². The van der Waals surface area contributed by atoms with Gasteiger partial charge >= 0.3 is 0 Å². The summed E-state index contributed by atoms with van der Waals surface area (Å²) in [6.45, 7) is 0. The van der Waals surface area contributed by atoms with E-state index in [0.717, 1.165) is 10.2 Å². The highest BCUT2D eigenvalue weighted by molar-refractivity contribution is 9.10. The van der Waals surface area contributed by atoms with Crippen LogP contribution in [-0.2, 0) is 0 Å². The molecule has 0 aliphatic carbocycles. The number of pyridine rings is 1. The molecule has 0 spiro atoms. The first kappa shape index (κ1) is 12.3. The number of aromatic nitrogens is 1. The van der Waals surface area contributed by atoms with Gasteiger partial charge in [0.1, 0.15) is 11.6 Å². The van der Waals surface area contributed by atoms with E-state index in [-0.39, 0.29) is 11.5 Å². The van der Waals surface area contributed by atoms with Crippen LogP contribution in [0.1, 0.15) is 0 Å². The van der Waals surface area contributed by atoms with E-state index in [1.807, 2.05) is 24.3 Å². The minimum Gasteiger partial charge on any atom is -0.383 e. The number of nitro groups is 1. The molecule has 0 fully saturated rings. The standard InChI is InChI=1S/C11H9BrN4O2/c12-7-1-3-8(4-2-7)14-11-6-9(16(17)18)5-10(13)15-11/h1-6H,(H3,13,14,15). The highest BCUT2D eigenvalue weighted by Crippen LogP contribution is 2.22. The lowest BCUT2D eigenvalue weighted by Gasteiger charge is -2.06. The quantitative estimate of drug-likeness (QED) is 0.671. The van der Waals surface area contributed by atoms with Crippen molar-refractivity contribution >= 4 is 38.9 Å². The average molecular weight is 309 g/mol. The van der Waals surface area contributed by atoms with Crippen molar-refractivity contribution in [2.75, 3.05) is 11.1 Å². The van der Waals surface area contributed by atoms with Crippen LogP contribution in [0, 0.1) is 10.1 Å². The number of nitrogens with zero attached hydrogens (tertiary/aromatic N) is 2. The smallest absolute Gasteiger partial charge is 0.276 e. The second-order valence-electron chi connectivity index (χ2n) is 3.52. The molecule has 0 saturated carbocycles. The number of hydrogen-bond donors (Lipinski definition) is 2. The number of nitrogens with two attached hydrogens (primary N) is 1. The first-order valence-electron chi connectivity index (χ1n) is 4.99. The summed E-state index contributed by atoms with van der Waals surface area (Å²) >= 11 is 3.32. The van der Waals surface area contributed by atoms with Gasteiger partial charge in [-0.3, -0.25) is 10.1 Å². The summed E-state index contributed by atoms with van der Waals surface area (Å²) in [6, 6.07) is 9.89. The third-order valence-corrected chi connectivity index (χ3v) is 2.69. The Bertz CT molecular complexity index is 586. The maximum absolute atomic E-state index is 10.7. The molecule has 0 radical (unpaired) electrons. The van der Waals surface area contributed by atoms with E-state index in [4.69, 9.17) is 5.73 Å². The van der Waals surface area contributed by atoms with Crippen molar-refractivity contribution in [3.8, 4) is 0 Å². The number of benzene rings is 1. The van der Waals surface area contributed by atoms with Gasteiger partial charge in [-0.25, -0.2) is 4.98 Å². The molecule has 0 saturated heterocycles. The summed E-state index contributed by atoms with van der Waals surface area (Å²) < 4.78 is 0.944. The van der Waals surface area contributed by atoms with E-state index in [1.165, 1.54) is 12.1 Å². The summed E-state index contributed by atoms with van der Waals surface area (Å²) in [5.41, 5.74) is 6.19. The number of nitrogens with one attached hydrogen (secondary N) is 1. The zero-order valence-corrected chi connectivity index (χ0v) is 10.7. The van der Waals surface area contributed by atoms with Gasteiger partial charge in [0.15, 0.2) is 0 Å². The predicted octanol–water partition coefficient (Wildman–Crippen LogP) is 3.08. The molecule has 7 heteroatoms. The Balaban J connectivity index is 2.28. The maximum Gasteiger partial charge on any atom is 0.276 e. The van der Waals surface area contributed by atoms with Crippen LogP contribution in [0.3, 0.4) is 0 Å². The monoisotopic (exact) mass is 308 g/mol. The molecular formula is C11H9BrN4O2. The van der Waals surface area contributed by atoms with Gasteiger partial charge in [0.25, 0.3) is 5.69 Å². The second-order valence-corrected chi connectivity index (χ2v) is 4.44. The van der Waals surface area contributed by atoms with Crippen molar-refractivity contribution in [2.24, 2.45) is 0 Å². The molecule has 92 valence electrons. The molecule has 18 heavy (non-hydrogen) atoms. The Morgan fingerprint density at radius 2 is 1.94 bits per heavy atom. The minimum absolute atomic E-state index is 0.0953. The Morgan fingerprint density at radius 3 is 2.56 bits per heavy atom. The summed E-state index contributed by atoms with van der Waals surface area (Å²) in [6.07, 6.45) is 0. The van der Waals surface area contributed by atoms with Gasteiger partial charge in [0.2, 0.25) is 0 Å². The van der Waals surface area contributed by atoms with Crippen molar-refractivity contribution in [1.29, 1.82) is 0 Å². The third-order valence-electron chi connectivity index (χ3n) is 2.16. The molecule has 0 aliphatic heterocycles. The van der Waals surface area contributed by atoms with Crippen LogP contribution >= 0.6 is 15.9 Å². The summed E-state index contributed by atoms with van der Waals surface area (Å²) in [7, 11) is 0. The van der Waals surface area contributed by atoms with E-state index in [2.05, 4.69) is 26.2 Å². The van der Waals surface area contributed by atoms with Crippen LogP contribution in [0.15, 0.2) is 40.9 Å². The fourth-order valence-electron chi connectivity index (χ4n) is 1.39. The molecule has 0 atom stereocenters. The van der Waals surface area contributed by atoms with Gasteiger partial charge in [-0.2, -0.15) is 0 Å². The molecule has 1 aromatic heterocycles. The van der Waals surface area contributed by atoms with E-state index in [1.54, 1.807) is 0 Å². The molecule has 1 aromatic carbocycles. The molecule has 0 unspecified atom stereocenters. The van der Waals surface area contributed by atoms with Crippen LogP contribution in [0.2, 0.25) is 0 Å². The van der Waals surface area contributed by atoms with Crippen LogP contribution in [0.5, 0.6) is 0 Å². The Kier molecular flexibility index (Phi) is 3.42. The number of halogens is 1. The average Bonchev–Trinajstić information content (AvgIpc) is 2.31. The topological polar surface area (TPSA) is 94.1 Å². The highest BCUT2D eigenvalue weighted by Gasteiger charge is 2.09. The molecule has 2 aromatic rings. The molecule has 2 rings (SSSR count). The van der Waals surface area contributed by atoms with Gasteiger partial charge in [0.05, 0.1) is 17.1 Å². The van der Waals surface area contributed by atoms with Gasteiger partial charge in [0, 0.05) is 10.2 Å². The van der Waals surface area contributed by atoms with Crippen LogP contribution < -0.4 is 11.1 Å². The normalized spacial score (nSPS) is 10.1. The van der Waals surface area contributed by atoms with Crippen molar-refractivity contribution in [3.05, 3.63) is 51.0 Å². The third kappa shape index (κ3) is 2.95. The molecule has 1 heterocycles. The van der Waals surface area contributed by atoms with Crippen LogP contribution in [0.25, 0.3) is 0 Å². The lowest BCUT2D eigenvalue weighted by atomic mass is 10.3. The number of rotatable bonds is 3. The maximum atomic E-state index is 10.7. The summed E-state index contributed by atoms with van der Waals surface area (Å²) in [5.74, 6) is 0.438.